The smallest absolute Gasteiger partial charge is 0.0626 e. The monoisotopic (exact) mass is 270 g/mol. The van der Waals surface area contributed by atoms with Crippen molar-refractivity contribution < 1.29 is 5.11 Å². The molecule has 0 radical (unpaired) electrons. The number of aliphatic hydroxyl groups excluding tert-OH is 1. The van der Waals surface area contributed by atoms with Crippen LogP contribution in [-0.2, 0) is 0 Å². The normalized spacial score (nSPS) is 12.3. The summed E-state index contributed by atoms with van der Waals surface area (Å²) in [7, 11) is 4.06. The topological polar surface area (TPSA) is 35.8 Å². The fraction of sp³-hybridized carbons (Fsp3) is 0.235. The summed E-state index contributed by atoms with van der Waals surface area (Å²) in [6.45, 7) is 0.548. The molecule has 1 N–H and O–H groups in total. The van der Waals surface area contributed by atoms with E-state index in [1.807, 2.05) is 44.5 Å². The van der Waals surface area contributed by atoms with Crippen molar-refractivity contribution >= 4 is 18.0 Å². The summed E-state index contributed by atoms with van der Waals surface area (Å²) in [5.41, 5.74) is 2.37. The highest BCUT2D eigenvalue weighted by molar-refractivity contribution is 5.71. The molecule has 0 atom stereocenters. The quantitative estimate of drug-likeness (QED) is 0.611. The average molecular weight is 270 g/mol. The maximum Gasteiger partial charge on any atom is 0.0626 e. The van der Waals surface area contributed by atoms with Gasteiger partial charge < -0.3 is 10.0 Å². The van der Waals surface area contributed by atoms with Gasteiger partial charge in [-0.3, -0.25) is 4.99 Å². The predicted octanol–water partition coefficient (Wildman–Crippen LogP) is 2.94. The van der Waals surface area contributed by atoms with Gasteiger partial charge in [-0.05, 0) is 23.8 Å². The molecule has 0 heterocycles. The minimum Gasteiger partial charge on any atom is -0.394 e. The molecule has 20 heavy (non-hydrogen) atoms. The zero-order valence-corrected chi connectivity index (χ0v) is 12.1. The lowest BCUT2D eigenvalue weighted by Gasteiger charge is -2.11. The number of hydrogen-bond donors (Lipinski definition) is 1. The lowest BCUT2D eigenvalue weighted by Crippen LogP contribution is -2.07. The minimum atomic E-state index is 0.0928. The van der Waals surface area contributed by atoms with Gasteiger partial charge >= 0.3 is 0 Å². The van der Waals surface area contributed by atoms with Crippen molar-refractivity contribution in [3.8, 4) is 0 Å². The maximum absolute atomic E-state index is 8.53. The van der Waals surface area contributed by atoms with Crippen LogP contribution in [0.4, 0.5) is 5.69 Å². The van der Waals surface area contributed by atoms with Crippen LogP contribution in [0.5, 0.6) is 0 Å². The van der Waals surface area contributed by atoms with Crippen LogP contribution in [0.15, 0.2) is 59.6 Å². The molecular weight excluding hydrogens is 248 g/mol. The summed E-state index contributed by atoms with van der Waals surface area (Å²) in [4.78, 5) is 6.04. The number of nitrogens with zero attached hydrogens (tertiary/aromatic N) is 2. The van der Waals surface area contributed by atoms with Gasteiger partial charge in [0.1, 0.15) is 0 Å². The number of benzene rings is 1. The van der Waals surface area contributed by atoms with E-state index in [1.54, 1.807) is 6.21 Å². The third kappa shape index (κ3) is 6.71. The molecule has 0 aliphatic rings. The summed E-state index contributed by atoms with van der Waals surface area (Å²) in [6.07, 6.45) is 13.4. The van der Waals surface area contributed by atoms with Crippen LogP contribution in [0.2, 0.25) is 0 Å². The van der Waals surface area contributed by atoms with E-state index in [0.29, 0.717) is 6.54 Å². The van der Waals surface area contributed by atoms with Crippen LogP contribution in [0.25, 0.3) is 6.08 Å². The Kier molecular flexibility index (Phi) is 7.77. The molecule has 0 unspecified atom stereocenters. The second-order valence-electron chi connectivity index (χ2n) is 4.39. The van der Waals surface area contributed by atoms with E-state index in [9.17, 15) is 0 Å². The predicted molar refractivity (Wildman–Crippen MR) is 88.5 cm³/mol. The molecule has 1 aromatic carbocycles. The van der Waals surface area contributed by atoms with E-state index in [-0.39, 0.29) is 6.61 Å². The first-order valence-corrected chi connectivity index (χ1v) is 6.62. The second kappa shape index (κ2) is 9.75. The van der Waals surface area contributed by atoms with Crippen LogP contribution < -0.4 is 4.90 Å². The Bertz CT molecular complexity index is 482. The van der Waals surface area contributed by atoms with Crippen LogP contribution in [-0.4, -0.2) is 38.6 Å². The molecule has 1 aromatic rings. The van der Waals surface area contributed by atoms with E-state index in [0.717, 1.165) is 0 Å². The Labute approximate surface area is 121 Å². The van der Waals surface area contributed by atoms with Gasteiger partial charge in [-0.25, -0.2) is 0 Å². The van der Waals surface area contributed by atoms with Crippen molar-refractivity contribution in [2.75, 3.05) is 32.1 Å². The van der Waals surface area contributed by atoms with Gasteiger partial charge in [-0.1, -0.05) is 42.5 Å². The Morgan fingerprint density at radius 1 is 1.00 bits per heavy atom. The number of allylic oxidation sites excluding steroid dienone is 5. The number of anilines is 1. The lowest BCUT2D eigenvalue weighted by atomic mass is 10.2. The Morgan fingerprint density at radius 2 is 1.65 bits per heavy atom. The average Bonchev–Trinajstić information content (AvgIpc) is 2.46. The van der Waals surface area contributed by atoms with Gasteiger partial charge in [-0.2, -0.15) is 0 Å². The highest BCUT2D eigenvalue weighted by Crippen LogP contribution is 2.12. The van der Waals surface area contributed by atoms with Gasteiger partial charge in [0.05, 0.1) is 13.2 Å². The van der Waals surface area contributed by atoms with E-state index in [2.05, 4.69) is 40.2 Å². The summed E-state index contributed by atoms with van der Waals surface area (Å²) in [5.74, 6) is 0. The highest BCUT2D eigenvalue weighted by atomic mass is 16.3. The summed E-state index contributed by atoms with van der Waals surface area (Å²) in [6, 6.07) is 8.38. The SMILES string of the molecule is CN(C)c1ccc(/C=C/C=C/C=C\C=NCCO)cc1. The summed E-state index contributed by atoms with van der Waals surface area (Å²) < 4.78 is 0. The lowest BCUT2D eigenvalue weighted by molar-refractivity contribution is 0.307. The minimum absolute atomic E-state index is 0.0928. The van der Waals surface area contributed by atoms with Crippen LogP contribution in [0.1, 0.15) is 5.56 Å². The number of aliphatic imine (C=N–C) groups is 1. The molecule has 0 spiro atoms. The third-order valence-electron chi connectivity index (χ3n) is 2.56. The van der Waals surface area contributed by atoms with E-state index < -0.39 is 0 Å². The van der Waals surface area contributed by atoms with Gasteiger partial charge in [0, 0.05) is 26.0 Å². The molecule has 0 amide bonds. The molecule has 0 fully saturated rings. The van der Waals surface area contributed by atoms with Gasteiger partial charge in [0.25, 0.3) is 0 Å². The van der Waals surface area contributed by atoms with Gasteiger partial charge in [-0.15, -0.1) is 0 Å². The van der Waals surface area contributed by atoms with Crippen LogP contribution in [0, 0.1) is 0 Å². The van der Waals surface area contributed by atoms with E-state index in [1.165, 1.54) is 11.3 Å². The van der Waals surface area contributed by atoms with Crippen molar-refractivity contribution in [2.24, 2.45) is 4.99 Å². The molecule has 106 valence electrons. The fourth-order valence-electron chi connectivity index (χ4n) is 1.49. The maximum atomic E-state index is 8.53. The van der Waals surface area contributed by atoms with Gasteiger partial charge in [0.2, 0.25) is 0 Å². The van der Waals surface area contributed by atoms with Crippen molar-refractivity contribution in [2.45, 2.75) is 0 Å². The first-order valence-electron chi connectivity index (χ1n) is 6.62. The van der Waals surface area contributed by atoms with E-state index in [4.69, 9.17) is 5.11 Å². The molecule has 0 saturated carbocycles. The molecule has 0 aromatic heterocycles. The first kappa shape index (κ1) is 15.9. The van der Waals surface area contributed by atoms with Crippen molar-refractivity contribution in [3.63, 3.8) is 0 Å². The Hall–Kier alpha value is -2.13. The number of hydrogen-bond acceptors (Lipinski definition) is 3. The number of aliphatic hydroxyl groups is 1. The standard InChI is InChI=1S/C17H22N2O/c1-19(2)17-11-9-16(10-12-17)8-6-4-3-5-7-13-18-14-15-20/h3-13,20H,14-15H2,1-2H3/b4-3+,7-5-,8-6+,18-13?. The fourth-order valence-corrected chi connectivity index (χ4v) is 1.49. The molecule has 0 bridgehead atoms. The molecule has 0 aliphatic carbocycles. The Balaban J connectivity index is 2.40. The highest BCUT2D eigenvalue weighted by Gasteiger charge is 1.92. The Morgan fingerprint density at radius 3 is 2.30 bits per heavy atom. The third-order valence-corrected chi connectivity index (χ3v) is 2.56. The largest absolute Gasteiger partial charge is 0.394 e. The number of rotatable bonds is 7. The summed E-state index contributed by atoms with van der Waals surface area (Å²) >= 11 is 0. The van der Waals surface area contributed by atoms with Gasteiger partial charge in [0.15, 0.2) is 0 Å². The van der Waals surface area contributed by atoms with Crippen molar-refractivity contribution in [3.05, 3.63) is 60.2 Å². The molecule has 3 heteroatoms. The molecule has 3 nitrogen and oxygen atoms in total. The van der Waals surface area contributed by atoms with E-state index >= 15 is 0 Å². The first-order chi connectivity index (χ1) is 9.74. The molecule has 0 aliphatic heterocycles. The van der Waals surface area contributed by atoms with Crippen molar-refractivity contribution in [1.29, 1.82) is 0 Å². The van der Waals surface area contributed by atoms with Crippen molar-refractivity contribution in [1.82, 2.24) is 0 Å². The molecule has 0 saturated heterocycles. The summed E-state index contributed by atoms with van der Waals surface area (Å²) in [5, 5.41) is 8.53. The molecule has 1 rings (SSSR count). The van der Waals surface area contributed by atoms with Crippen LogP contribution >= 0.6 is 0 Å². The second-order valence-corrected chi connectivity index (χ2v) is 4.39. The zero-order valence-electron chi connectivity index (χ0n) is 12.1. The zero-order chi connectivity index (χ0) is 14.6. The molecular formula is C17H22N2O. The van der Waals surface area contributed by atoms with Crippen LogP contribution in [0.3, 0.4) is 0 Å².